The van der Waals surface area contributed by atoms with Crippen molar-refractivity contribution in [3.05, 3.63) is 63.4 Å². The SMILES string of the molecule is COc1ccc(C)cc1-c1csc(NC(=O)c2ccc3c(c2)[nH]c(=O)n3C)n1. The highest BCUT2D eigenvalue weighted by atomic mass is 32.1. The Labute approximate surface area is 164 Å². The summed E-state index contributed by atoms with van der Waals surface area (Å²) in [4.78, 5) is 31.6. The Morgan fingerprint density at radius 1 is 1.25 bits per heavy atom. The van der Waals surface area contributed by atoms with Crippen LogP contribution in [0.4, 0.5) is 5.13 Å². The Bertz CT molecular complexity index is 1250. The molecule has 7 nitrogen and oxygen atoms in total. The van der Waals surface area contributed by atoms with Crippen LogP contribution in [0, 0.1) is 6.92 Å². The second-order valence-electron chi connectivity index (χ2n) is 6.42. The number of methoxy groups -OCH3 is 1. The lowest BCUT2D eigenvalue weighted by molar-refractivity contribution is 0.102. The number of aromatic amines is 1. The Hall–Kier alpha value is -3.39. The number of benzene rings is 2. The van der Waals surface area contributed by atoms with Crippen LogP contribution in [0.1, 0.15) is 15.9 Å². The average Bonchev–Trinajstić information content (AvgIpc) is 3.26. The fourth-order valence-electron chi connectivity index (χ4n) is 3.02. The molecule has 0 aliphatic heterocycles. The zero-order valence-electron chi connectivity index (χ0n) is 15.6. The summed E-state index contributed by atoms with van der Waals surface area (Å²) in [5, 5.41) is 5.19. The van der Waals surface area contributed by atoms with E-state index in [1.54, 1.807) is 32.4 Å². The second-order valence-corrected chi connectivity index (χ2v) is 7.27. The van der Waals surface area contributed by atoms with Gasteiger partial charge in [0, 0.05) is 23.6 Å². The molecule has 0 unspecified atom stereocenters. The summed E-state index contributed by atoms with van der Waals surface area (Å²) >= 11 is 1.34. The van der Waals surface area contributed by atoms with E-state index in [4.69, 9.17) is 4.74 Å². The number of rotatable bonds is 4. The average molecular weight is 394 g/mol. The third-order valence-corrected chi connectivity index (χ3v) is 5.28. The van der Waals surface area contributed by atoms with Gasteiger partial charge in [-0.25, -0.2) is 9.78 Å². The quantitative estimate of drug-likeness (QED) is 0.554. The monoisotopic (exact) mass is 394 g/mol. The van der Waals surface area contributed by atoms with Crippen LogP contribution in [0.3, 0.4) is 0 Å². The van der Waals surface area contributed by atoms with Gasteiger partial charge in [0.25, 0.3) is 5.91 Å². The van der Waals surface area contributed by atoms with Gasteiger partial charge >= 0.3 is 5.69 Å². The molecule has 0 bridgehead atoms. The number of imidazole rings is 1. The number of aryl methyl sites for hydroxylation is 2. The van der Waals surface area contributed by atoms with E-state index in [0.717, 1.165) is 28.1 Å². The maximum absolute atomic E-state index is 12.6. The number of hydrogen-bond acceptors (Lipinski definition) is 5. The molecule has 8 heteroatoms. The fourth-order valence-corrected chi connectivity index (χ4v) is 3.73. The molecular formula is C20H18N4O3S. The Morgan fingerprint density at radius 2 is 2.07 bits per heavy atom. The lowest BCUT2D eigenvalue weighted by atomic mass is 10.1. The number of amides is 1. The number of carbonyl (C=O) groups is 1. The number of ether oxygens (including phenoxy) is 1. The van der Waals surface area contributed by atoms with Crippen LogP contribution in [0.5, 0.6) is 5.75 Å². The van der Waals surface area contributed by atoms with E-state index < -0.39 is 0 Å². The molecule has 0 aliphatic carbocycles. The van der Waals surface area contributed by atoms with Gasteiger partial charge in [-0.3, -0.25) is 14.7 Å². The van der Waals surface area contributed by atoms with Gasteiger partial charge in [0.15, 0.2) is 5.13 Å². The Morgan fingerprint density at radius 3 is 2.86 bits per heavy atom. The predicted octanol–water partition coefficient (Wildman–Crippen LogP) is 3.56. The number of aromatic nitrogens is 3. The van der Waals surface area contributed by atoms with Crippen molar-refractivity contribution in [2.24, 2.45) is 7.05 Å². The van der Waals surface area contributed by atoms with Crippen LogP contribution in [-0.4, -0.2) is 27.6 Å². The number of H-pyrrole nitrogens is 1. The summed E-state index contributed by atoms with van der Waals surface area (Å²) in [7, 11) is 3.30. The summed E-state index contributed by atoms with van der Waals surface area (Å²) in [5.74, 6) is 0.441. The van der Waals surface area contributed by atoms with Gasteiger partial charge in [-0.1, -0.05) is 11.6 Å². The number of nitrogens with one attached hydrogen (secondary N) is 2. The summed E-state index contributed by atoms with van der Waals surface area (Å²) in [5.41, 5.74) is 4.29. The van der Waals surface area contributed by atoms with Crippen molar-refractivity contribution in [1.82, 2.24) is 14.5 Å². The highest BCUT2D eigenvalue weighted by Gasteiger charge is 2.14. The summed E-state index contributed by atoms with van der Waals surface area (Å²) in [6.07, 6.45) is 0. The van der Waals surface area contributed by atoms with E-state index >= 15 is 0 Å². The van der Waals surface area contributed by atoms with Crippen molar-refractivity contribution in [3.63, 3.8) is 0 Å². The van der Waals surface area contributed by atoms with Gasteiger partial charge in [-0.05, 0) is 37.3 Å². The molecule has 0 spiro atoms. The molecular weight excluding hydrogens is 376 g/mol. The zero-order chi connectivity index (χ0) is 19.8. The van der Waals surface area contributed by atoms with Crippen molar-refractivity contribution < 1.29 is 9.53 Å². The fraction of sp³-hybridized carbons (Fsp3) is 0.150. The number of carbonyl (C=O) groups excluding carboxylic acids is 1. The summed E-state index contributed by atoms with van der Waals surface area (Å²) in [6.45, 7) is 2.00. The minimum atomic E-state index is -0.288. The summed E-state index contributed by atoms with van der Waals surface area (Å²) < 4.78 is 6.91. The predicted molar refractivity (Wildman–Crippen MR) is 110 cm³/mol. The van der Waals surface area contributed by atoms with Gasteiger partial charge in [0.2, 0.25) is 0 Å². The standard InChI is InChI=1S/C20H18N4O3S/c1-11-4-7-17(27-3)13(8-11)15-10-28-19(21-15)23-18(25)12-5-6-16-14(9-12)22-20(26)24(16)2/h4-10H,1-3H3,(H,22,26)(H,21,23,25). The van der Waals surface area contributed by atoms with E-state index in [0.29, 0.717) is 16.2 Å². The molecule has 142 valence electrons. The molecule has 1 amide bonds. The Kier molecular flexibility index (Phi) is 4.48. The zero-order valence-corrected chi connectivity index (χ0v) is 16.4. The van der Waals surface area contributed by atoms with Crippen LogP contribution in [0.15, 0.2) is 46.6 Å². The van der Waals surface area contributed by atoms with E-state index in [1.165, 1.54) is 15.9 Å². The molecule has 2 aromatic heterocycles. The highest BCUT2D eigenvalue weighted by Crippen LogP contribution is 2.33. The van der Waals surface area contributed by atoms with E-state index in [9.17, 15) is 9.59 Å². The van der Waals surface area contributed by atoms with Gasteiger partial charge in [-0.2, -0.15) is 0 Å². The topological polar surface area (TPSA) is 89.0 Å². The number of thiazole rings is 1. The molecule has 2 N–H and O–H groups in total. The first-order chi connectivity index (χ1) is 13.5. The van der Waals surface area contributed by atoms with E-state index in [1.807, 2.05) is 30.5 Å². The van der Waals surface area contributed by atoms with Crippen LogP contribution in [0.25, 0.3) is 22.3 Å². The normalized spacial score (nSPS) is 11.0. The summed E-state index contributed by atoms with van der Waals surface area (Å²) in [6, 6.07) is 11.0. The van der Waals surface area contributed by atoms with Crippen molar-refractivity contribution in [1.29, 1.82) is 0 Å². The van der Waals surface area contributed by atoms with Crippen molar-refractivity contribution in [2.75, 3.05) is 12.4 Å². The third-order valence-electron chi connectivity index (χ3n) is 4.52. The smallest absolute Gasteiger partial charge is 0.326 e. The van der Waals surface area contributed by atoms with Crippen molar-refractivity contribution in [3.8, 4) is 17.0 Å². The minimum Gasteiger partial charge on any atom is -0.496 e. The Balaban J connectivity index is 1.60. The van der Waals surface area contributed by atoms with Gasteiger partial charge in [0.05, 0.1) is 23.8 Å². The van der Waals surface area contributed by atoms with Gasteiger partial charge in [-0.15, -0.1) is 11.3 Å². The first kappa shape index (κ1) is 18.0. The molecule has 4 aromatic rings. The minimum absolute atomic E-state index is 0.218. The first-order valence-electron chi connectivity index (χ1n) is 8.57. The largest absolute Gasteiger partial charge is 0.496 e. The molecule has 0 radical (unpaired) electrons. The molecule has 4 rings (SSSR count). The molecule has 2 heterocycles. The number of nitrogens with zero attached hydrogens (tertiary/aromatic N) is 2. The van der Waals surface area contributed by atoms with Crippen LogP contribution < -0.4 is 15.7 Å². The van der Waals surface area contributed by atoms with E-state index in [-0.39, 0.29) is 11.6 Å². The van der Waals surface area contributed by atoms with Crippen LogP contribution in [-0.2, 0) is 7.05 Å². The molecule has 0 fully saturated rings. The molecule has 0 atom stereocenters. The second kappa shape index (κ2) is 6.97. The molecule has 0 aliphatic rings. The van der Waals surface area contributed by atoms with E-state index in [2.05, 4.69) is 15.3 Å². The lowest BCUT2D eigenvalue weighted by Gasteiger charge is -2.07. The number of anilines is 1. The number of fused-ring (bicyclic) bond motifs is 1. The highest BCUT2D eigenvalue weighted by molar-refractivity contribution is 7.14. The maximum Gasteiger partial charge on any atom is 0.326 e. The van der Waals surface area contributed by atoms with Crippen LogP contribution >= 0.6 is 11.3 Å². The van der Waals surface area contributed by atoms with Gasteiger partial charge in [0.1, 0.15) is 5.75 Å². The first-order valence-corrected chi connectivity index (χ1v) is 9.45. The number of hydrogen-bond donors (Lipinski definition) is 2. The lowest BCUT2D eigenvalue weighted by Crippen LogP contribution is -2.11. The van der Waals surface area contributed by atoms with Gasteiger partial charge < -0.3 is 9.72 Å². The molecule has 0 saturated carbocycles. The molecule has 0 saturated heterocycles. The molecule has 28 heavy (non-hydrogen) atoms. The third kappa shape index (κ3) is 3.18. The molecule has 2 aromatic carbocycles. The van der Waals surface area contributed by atoms with Crippen LogP contribution in [0.2, 0.25) is 0 Å². The van der Waals surface area contributed by atoms with Crippen molar-refractivity contribution in [2.45, 2.75) is 6.92 Å². The van der Waals surface area contributed by atoms with Crippen molar-refractivity contribution >= 4 is 33.4 Å². The maximum atomic E-state index is 12.6.